The molecular formula is C10H19BrOSi. The molecule has 0 saturated heterocycles. The van der Waals surface area contributed by atoms with Crippen LogP contribution in [0.15, 0.2) is 0 Å². The van der Waals surface area contributed by atoms with Gasteiger partial charge in [-0.25, -0.2) is 0 Å². The number of aliphatic hydroxyl groups excluding tert-OH is 1. The van der Waals surface area contributed by atoms with E-state index >= 15 is 0 Å². The summed E-state index contributed by atoms with van der Waals surface area (Å²) in [6, 6.07) is 0. The smallest absolute Gasteiger partial charge is 0.129 e. The lowest BCUT2D eigenvalue weighted by molar-refractivity contribution is 0.137. The van der Waals surface area contributed by atoms with Crippen LogP contribution < -0.4 is 0 Å². The largest absolute Gasteiger partial charge is 0.391 e. The lowest BCUT2D eigenvalue weighted by Crippen LogP contribution is -2.26. The first kappa shape index (κ1) is 13.2. The Hall–Kier alpha value is 0.217. The van der Waals surface area contributed by atoms with Crippen molar-refractivity contribution in [3.8, 4) is 11.5 Å². The van der Waals surface area contributed by atoms with Crippen molar-refractivity contribution in [3.63, 3.8) is 0 Å². The van der Waals surface area contributed by atoms with Gasteiger partial charge >= 0.3 is 0 Å². The zero-order chi connectivity index (χ0) is 10.6. The Kier molecular flexibility index (Phi) is 5.27. The van der Waals surface area contributed by atoms with Gasteiger partial charge in [-0.3, -0.25) is 0 Å². The van der Waals surface area contributed by atoms with Crippen molar-refractivity contribution < 1.29 is 5.11 Å². The Balaban J connectivity index is 4.27. The molecule has 0 fully saturated rings. The van der Waals surface area contributed by atoms with Gasteiger partial charge in [-0.2, -0.15) is 0 Å². The number of halogens is 1. The van der Waals surface area contributed by atoms with E-state index < -0.39 is 8.07 Å². The summed E-state index contributed by atoms with van der Waals surface area (Å²) in [5.41, 5.74) is 3.24. The average molecular weight is 263 g/mol. The van der Waals surface area contributed by atoms with Crippen LogP contribution >= 0.6 is 15.9 Å². The summed E-state index contributed by atoms with van der Waals surface area (Å²) in [5, 5.41) is 9.66. The number of rotatable bonds is 2. The molecule has 0 heterocycles. The summed E-state index contributed by atoms with van der Waals surface area (Å²) in [5.74, 6) is 3.33. The number of hydrogen-bond donors (Lipinski definition) is 1. The normalized spacial score (nSPS) is 16.3. The van der Waals surface area contributed by atoms with Crippen molar-refractivity contribution in [2.75, 3.05) is 0 Å². The molecule has 0 unspecified atom stereocenters. The lowest BCUT2D eigenvalue weighted by Gasteiger charge is -2.16. The van der Waals surface area contributed by atoms with Crippen molar-refractivity contribution in [1.82, 2.24) is 0 Å². The Labute approximate surface area is 91.1 Å². The van der Waals surface area contributed by atoms with Gasteiger partial charge in [0.1, 0.15) is 12.9 Å². The summed E-state index contributed by atoms with van der Waals surface area (Å²) >= 11 is 3.40. The Morgan fingerprint density at radius 2 is 1.69 bits per heavy atom. The summed E-state index contributed by atoms with van der Waals surface area (Å²) in [7, 11) is -1.30. The van der Waals surface area contributed by atoms with E-state index in [0.29, 0.717) is 0 Å². The molecule has 76 valence electrons. The third-order valence-corrected chi connectivity index (χ3v) is 3.23. The molecule has 0 spiro atoms. The highest BCUT2D eigenvalue weighted by Gasteiger charge is 2.17. The fourth-order valence-electron chi connectivity index (χ4n) is 0.709. The van der Waals surface area contributed by atoms with Crippen LogP contribution in [0, 0.1) is 17.4 Å². The number of aliphatic hydroxyl groups is 1. The number of hydrogen-bond acceptors (Lipinski definition) is 1. The van der Waals surface area contributed by atoms with Gasteiger partial charge in [0.2, 0.25) is 0 Å². The fourth-order valence-corrected chi connectivity index (χ4v) is 2.23. The van der Waals surface area contributed by atoms with E-state index in [0.717, 1.165) is 0 Å². The van der Waals surface area contributed by atoms with Crippen LogP contribution in [0.1, 0.15) is 13.8 Å². The van der Waals surface area contributed by atoms with Crippen LogP contribution in [0.25, 0.3) is 0 Å². The Bertz CT molecular complexity index is 209. The highest BCUT2D eigenvalue weighted by molar-refractivity contribution is 9.09. The molecular weight excluding hydrogens is 244 g/mol. The first-order valence-electron chi connectivity index (χ1n) is 4.59. The van der Waals surface area contributed by atoms with E-state index in [-0.39, 0.29) is 16.8 Å². The van der Waals surface area contributed by atoms with Crippen LogP contribution in [0.4, 0.5) is 0 Å². The van der Waals surface area contributed by atoms with Gasteiger partial charge in [0.05, 0.1) is 6.10 Å². The molecule has 1 nitrogen and oxygen atoms in total. The molecule has 3 heteroatoms. The van der Waals surface area contributed by atoms with Crippen LogP contribution in [-0.2, 0) is 0 Å². The van der Waals surface area contributed by atoms with Gasteiger partial charge < -0.3 is 5.11 Å². The molecule has 0 radical (unpaired) electrons. The standard InChI is InChI=1S/C10H19BrOSi/c1-8(2)10(12)9(11)6-7-13(3,4)5/h8-10,12H,1-5H3/t9-,10+/m0/s1. The van der Waals surface area contributed by atoms with Crippen molar-refractivity contribution in [3.05, 3.63) is 0 Å². The van der Waals surface area contributed by atoms with Crippen molar-refractivity contribution in [2.24, 2.45) is 5.92 Å². The van der Waals surface area contributed by atoms with Crippen LogP contribution in [0.2, 0.25) is 19.6 Å². The first-order chi connectivity index (χ1) is 5.74. The minimum Gasteiger partial charge on any atom is -0.391 e. The highest BCUT2D eigenvalue weighted by Crippen LogP contribution is 2.13. The minimum atomic E-state index is -1.30. The highest BCUT2D eigenvalue weighted by atomic mass is 79.9. The molecule has 0 saturated carbocycles. The van der Waals surface area contributed by atoms with E-state index in [1.165, 1.54) is 0 Å². The van der Waals surface area contributed by atoms with E-state index in [1.54, 1.807) is 0 Å². The fraction of sp³-hybridized carbons (Fsp3) is 0.800. The second-order valence-electron chi connectivity index (χ2n) is 4.66. The second kappa shape index (κ2) is 5.19. The van der Waals surface area contributed by atoms with Crippen LogP contribution in [0.5, 0.6) is 0 Å². The maximum atomic E-state index is 9.66. The molecule has 0 amide bonds. The molecule has 0 aromatic rings. The maximum Gasteiger partial charge on any atom is 0.129 e. The molecule has 0 aliphatic rings. The monoisotopic (exact) mass is 262 g/mol. The molecule has 0 aromatic heterocycles. The van der Waals surface area contributed by atoms with Gasteiger partial charge in [-0.1, -0.05) is 55.3 Å². The van der Waals surface area contributed by atoms with Gasteiger partial charge in [0, 0.05) is 0 Å². The molecule has 0 aliphatic carbocycles. The zero-order valence-corrected chi connectivity index (χ0v) is 11.6. The Morgan fingerprint density at radius 1 is 1.23 bits per heavy atom. The van der Waals surface area contributed by atoms with Gasteiger partial charge in [-0.05, 0) is 5.92 Å². The lowest BCUT2D eigenvalue weighted by atomic mass is 10.1. The zero-order valence-electron chi connectivity index (χ0n) is 9.06. The van der Waals surface area contributed by atoms with Crippen molar-refractivity contribution >= 4 is 24.0 Å². The molecule has 0 aliphatic heterocycles. The third kappa shape index (κ3) is 6.31. The third-order valence-electron chi connectivity index (χ3n) is 1.57. The number of alkyl halides is 1. The van der Waals surface area contributed by atoms with Gasteiger partial charge in [-0.15, -0.1) is 5.54 Å². The first-order valence-corrected chi connectivity index (χ1v) is 9.00. The summed E-state index contributed by atoms with van der Waals surface area (Å²) in [6.45, 7) is 10.6. The van der Waals surface area contributed by atoms with E-state index in [1.807, 2.05) is 13.8 Å². The topological polar surface area (TPSA) is 20.2 Å². The summed E-state index contributed by atoms with van der Waals surface area (Å²) in [4.78, 5) is -0.0841. The van der Waals surface area contributed by atoms with E-state index in [2.05, 4.69) is 47.0 Å². The van der Waals surface area contributed by atoms with Crippen LogP contribution in [0.3, 0.4) is 0 Å². The SMILES string of the molecule is CC(C)[C@@H](O)[C@@H](Br)C#C[Si](C)(C)C. The molecule has 0 rings (SSSR count). The van der Waals surface area contributed by atoms with Crippen molar-refractivity contribution in [2.45, 2.75) is 44.4 Å². The summed E-state index contributed by atoms with van der Waals surface area (Å²) in [6.07, 6.45) is -0.371. The second-order valence-corrected chi connectivity index (χ2v) is 10.4. The average Bonchev–Trinajstić information content (AvgIpc) is 1.97. The molecule has 13 heavy (non-hydrogen) atoms. The quantitative estimate of drug-likeness (QED) is 0.461. The predicted octanol–water partition coefficient (Wildman–Crippen LogP) is 2.65. The predicted molar refractivity (Wildman–Crippen MR) is 64.7 cm³/mol. The molecule has 2 atom stereocenters. The maximum absolute atomic E-state index is 9.66. The molecule has 0 bridgehead atoms. The van der Waals surface area contributed by atoms with Crippen molar-refractivity contribution in [1.29, 1.82) is 0 Å². The van der Waals surface area contributed by atoms with E-state index in [9.17, 15) is 5.11 Å². The molecule has 1 N–H and O–H groups in total. The minimum absolute atomic E-state index is 0.0841. The van der Waals surface area contributed by atoms with Gasteiger partial charge in [0.15, 0.2) is 0 Å². The van der Waals surface area contributed by atoms with E-state index in [4.69, 9.17) is 0 Å². The summed E-state index contributed by atoms with van der Waals surface area (Å²) < 4.78 is 0. The van der Waals surface area contributed by atoms with Crippen LogP contribution in [-0.4, -0.2) is 24.1 Å². The molecule has 0 aromatic carbocycles. The van der Waals surface area contributed by atoms with Gasteiger partial charge in [0.25, 0.3) is 0 Å². The Morgan fingerprint density at radius 3 is 2.00 bits per heavy atom.